The van der Waals surface area contributed by atoms with Gasteiger partial charge in [-0.05, 0) is 47.5 Å². The first-order valence-corrected chi connectivity index (χ1v) is 12.2. The summed E-state index contributed by atoms with van der Waals surface area (Å²) in [5, 5.41) is 20.6. The van der Waals surface area contributed by atoms with Gasteiger partial charge in [0.25, 0.3) is 0 Å². The third-order valence-corrected chi connectivity index (χ3v) is 6.30. The Bertz CT molecular complexity index is 1210. The minimum atomic E-state index is -0.368. The molecule has 0 fully saturated rings. The van der Waals surface area contributed by atoms with Crippen molar-refractivity contribution in [3.05, 3.63) is 128 Å². The first-order chi connectivity index (χ1) is 16.5. The molecule has 0 aromatic heterocycles. The van der Waals surface area contributed by atoms with Gasteiger partial charge in [-0.1, -0.05) is 92.5 Å². The molecule has 4 aromatic carbocycles. The molecular weight excluding hydrogens is 556 g/mol. The predicted octanol–water partition coefficient (Wildman–Crippen LogP) is 7.64. The number of aliphatic imine (C=N–C) groups is 2. The van der Waals surface area contributed by atoms with E-state index in [1.165, 1.54) is 0 Å². The number of aromatic hydroxyl groups is 2. The fourth-order valence-corrected chi connectivity index (χ4v) is 4.34. The summed E-state index contributed by atoms with van der Waals surface area (Å²) < 4.78 is 1.71. The van der Waals surface area contributed by atoms with Gasteiger partial charge in [-0.15, -0.1) is 0 Å². The number of phenols is 2. The number of benzene rings is 4. The van der Waals surface area contributed by atoms with E-state index in [1.54, 1.807) is 36.7 Å². The van der Waals surface area contributed by atoms with Crippen molar-refractivity contribution in [1.82, 2.24) is 0 Å². The van der Waals surface area contributed by atoms with Crippen molar-refractivity contribution >= 4 is 44.3 Å². The molecule has 0 aliphatic heterocycles. The van der Waals surface area contributed by atoms with E-state index in [-0.39, 0.29) is 23.6 Å². The lowest BCUT2D eigenvalue weighted by atomic mass is 9.94. The first kappa shape index (κ1) is 23.9. The Balaban J connectivity index is 1.81. The molecule has 34 heavy (non-hydrogen) atoms. The summed E-state index contributed by atoms with van der Waals surface area (Å²) in [7, 11) is 0. The van der Waals surface area contributed by atoms with Crippen LogP contribution in [0.3, 0.4) is 0 Å². The van der Waals surface area contributed by atoms with Crippen molar-refractivity contribution < 1.29 is 10.2 Å². The van der Waals surface area contributed by atoms with Gasteiger partial charge in [0.15, 0.2) is 0 Å². The molecule has 4 aromatic rings. The Hall–Kier alpha value is -3.22. The molecule has 170 valence electrons. The zero-order chi connectivity index (χ0) is 23.9. The molecule has 0 saturated carbocycles. The standard InChI is InChI=1S/C28H22Br2N2O2/c29-23-11-13-25(33)21(15-23)17-31-27(19-7-3-1-4-8-19)28(20-9-5-2-6-10-20)32-18-22-16-24(30)12-14-26(22)34/h1-18,27-28,33-34H/t27-,28-/m1/s1. The highest BCUT2D eigenvalue weighted by atomic mass is 79.9. The number of hydrogen-bond donors (Lipinski definition) is 2. The Kier molecular flexibility index (Phi) is 7.93. The minimum absolute atomic E-state index is 0.151. The third kappa shape index (κ3) is 6.01. The van der Waals surface area contributed by atoms with Crippen LogP contribution in [-0.4, -0.2) is 22.6 Å². The van der Waals surface area contributed by atoms with Crippen LogP contribution in [0.4, 0.5) is 0 Å². The van der Waals surface area contributed by atoms with Crippen LogP contribution in [0.1, 0.15) is 34.3 Å². The number of phenolic OH excluding ortho intramolecular Hbond substituents is 2. The maximum absolute atomic E-state index is 10.3. The van der Waals surface area contributed by atoms with Crippen molar-refractivity contribution in [2.24, 2.45) is 9.98 Å². The molecule has 4 rings (SSSR count). The van der Waals surface area contributed by atoms with Gasteiger partial charge in [-0.2, -0.15) is 0 Å². The van der Waals surface area contributed by atoms with Gasteiger partial charge in [0.1, 0.15) is 23.6 Å². The molecule has 4 nitrogen and oxygen atoms in total. The molecule has 0 aliphatic rings. The highest BCUT2D eigenvalue weighted by molar-refractivity contribution is 9.10. The summed E-state index contributed by atoms with van der Waals surface area (Å²) in [4.78, 5) is 9.81. The van der Waals surface area contributed by atoms with Crippen molar-refractivity contribution in [2.45, 2.75) is 12.1 Å². The molecule has 0 bridgehead atoms. The molecule has 0 spiro atoms. The highest BCUT2D eigenvalue weighted by Gasteiger charge is 2.23. The molecule has 0 heterocycles. The van der Waals surface area contributed by atoms with Gasteiger partial charge in [-0.3, -0.25) is 9.98 Å². The highest BCUT2D eigenvalue weighted by Crippen LogP contribution is 2.36. The van der Waals surface area contributed by atoms with E-state index in [4.69, 9.17) is 9.98 Å². The summed E-state index contributed by atoms with van der Waals surface area (Å²) in [5.41, 5.74) is 3.18. The zero-order valence-corrected chi connectivity index (χ0v) is 21.3. The molecule has 0 saturated heterocycles. The predicted molar refractivity (Wildman–Crippen MR) is 145 cm³/mol. The Morgan fingerprint density at radius 2 is 0.941 bits per heavy atom. The second kappa shape index (κ2) is 11.3. The average molecular weight is 578 g/mol. The number of hydrogen-bond acceptors (Lipinski definition) is 4. The van der Waals surface area contributed by atoms with Gasteiger partial charge in [-0.25, -0.2) is 0 Å². The maximum Gasteiger partial charge on any atom is 0.124 e. The zero-order valence-electron chi connectivity index (χ0n) is 18.1. The minimum Gasteiger partial charge on any atom is -0.507 e. The van der Waals surface area contributed by atoms with E-state index >= 15 is 0 Å². The van der Waals surface area contributed by atoms with Crippen LogP contribution in [-0.2, 0) is 0 Å². The van der Waals surface area contributed by atoms with Crippen LogP contribution < -0.4 is 0 Å². The monoisotopic (exact) mass is 576 g/mol. The lowest BCUT2D eigenvalue weighted by Gasteiger charge is -2.22. The SMILES string of the molecule is Oc1ccc(Br)cc1C=N[C@H](c1ccccc1)[C@H](N=Cc1cc(Br)ccc1O)c1ccccc1. The second-order valence-corrected chi connectivity index (χ2v) is 9.51. The summed E-state index contributed by atoms with van der Waals surface area (Å²) in [6.07, 6.45) is 3.36. The number of nitrogens with zero attached hydrogens (tertiary/aromatic N) is 2. The van der Waals surface area contributed by atoms with Gasteiger partial charge in [0.05, 0.1) is 0 Å². The van der Waals surface area contributed by atoms with Crippen LogP contribution in [0.5, 0.6) is 11.5 Å². The van der Waals surface area contributed by atoms with E-state index < -0.39 is 0 Å². The molecule has 6 heteroatoms. The van der Waals surface area contributed by atoms with Crippen LogP contribution in [0.25, 0.3) is 0 Å². The van der Waals surface area contributed by atoms with E-state index in [0.717, 1.165) is 20.1 Å². The molecule has 0 unspecified atom stereocenters. The average Bonchev–Trinajstić information content (AvgIpc) is 2.86. The van der Waals surface area contributed by atoms with E-state index in [2.05, 4.69) is 31.9 Å². The Morgan fingerprint density at radius 1 is 0.559 bits per heavy atom. The fourth-order valence-electron chi connectivity index (χ4n) is 3.58. The van der Waals surface area contributed by atoms with Gasteiger partial charge in [0, 0.05) is 32.5 Å². The molecule has 2 N–H and O–H groups in total. The van der Waals surface area contributed by atoms with Gasteiger partial charge < -0.3 is 10.2 Å². The summed E-state index contributed by atoms with van der Waals surface area (Å²) in [5.74, 6) is 0.301. The van der Waals surface area contributed by atoms with Crippen LogP contribution in [0.2, 0.25) is 0 Å². The quantitative estimate of drug-likeness (QED) is 0.222. The van der Waals surface area contributed by atoms with E-state index in [1.807, 2.05) is 72.8 Å². The lowest BCUT2D eigenvalue weighted by Crippen LogP contribution is -2.09. The second-order valence-electron chi connectivity index (χ2n) is 7.67. The van der Waals surface area contributed by atoms with Crippen LogP contribution in [0, 0.1) is 0 Å². The Morgan fingerprint density at radius 3 is 1.32 bits per heavy atom. The van der Waals surface area contributed by atoms with Crippen LogP contribution in [0.15, 0.2) is 116 Å². The topological polar surface area (TPSA) is 65.2 Å². The fraction of sp³-hybridized carbons (Fsp3) is 0.0714. The van der Waals surface area contributed by atoms with Crippen molar-refractivity contribution in [3.8, 4) is 11.5 Å². The normalized spacial score (nSPS) is 13.4. The summed E-state index contributed by atoms with van der Waals surface area (Å²) >= 11 is 6.91. The third-order valence-electron chi connectivity index (χ3n) is 5.31. The largest absolute Gasteiger partial charge is 0.507 e. The van der Waals surface area contributed by atoms with Crippen molar-refractivity contribution in [3.63, 3.8) is 0 Å². The molecular formula is C28H22Br2N2O2. The smallest absolute Gasteiger partial charge is 0.124 e. The molecule has 0 aliphatic carbocycles. The maximum atomic E-state index is 10.3. The summed E-state index contributed by atoms with van der Waals surface area (Å²) in [6.45, 7) is 0. The lowest BCUT2D eigenvalue weighted by molar-refractivity contribution is 0.473. The van der Waals surface area contributed by atoms with Gasteiger partial charge in [0.2, 0.25) is 0 Å². The van der Waals surface area contributed by atoms with Crippen molar-refractivity contribution in [1.29, 1.82) is 0 Å². The molecule has 0 amide bonds. The number of halogens is 2. The Labute approximate surface area is 215 Å². The first-order valence-electron chi connectivity index (χ1n) is 10.6. The number of rotatable bonds is 7. The molecule has 2 atom stereocenters. The molecule has 0 radical (unpaired) electrons. The van der Waals surface area contributed by atoms with Crippen molar-refractivity contribution in [2.75, 3.05) is 0 Å². The van der Waals surface area contributed by atoms with Gasteiger partial charge >= 0.3 is 0 Å². The summed E-state index contributed by atoms with van der Waals surface area (Å²) in [6, 6.07) is 29.6. The van der Waals surface area contributed by atoms with E-state index in [0.29, 0.717) is 11.1 Å². The van der Waals surface area contributed by atoms with Crippen LogP contribution >= 0.6 is 31.9 Å². The van der Waals surface area contributed by atoms with E-state index in [9.17, 15) is 10.2 Å².